The van der Waals surface area contributed by atoms with Crippen molar-refractivity contribution in [2.45, 2.75) is 31.7 Å². The molecule has 2 aliphatic rings. The lowest BCUT2D eigenvalue weighted by Crippen LogP contribution is -2.53. The number of nitrogens with one attached hydrogen (secondary N) is 1. The molecule has 2 saturated heterocycles. The van der Waals surface area contributed by atoms with Crippen LogP contribution in [0.25, 0.3) is 11.5 Å². The van der Waals surface area contributed by atoms with Crippen LogP contribution in [0.1, 0.15) is 29.0 Å². The maximum Gasteiger partial charge on any atom is 0.258 e. The summed E-state index contributed by atoms with van der Waals surface area (Å²) in [6.07, 6.45) is 1.83. The summed E-state index contributed by atoms with van der Waals surface area (Å²) in [6.45, 7) is 3.07. The van der Waals surface area contributed by atoms with Crippen LogP contribution in [-0.2, 0) is 11.3 Å². The summed E-state index contributed by atoms with van der Waals surface area (Å²) in [7, 11) is 0. The van der Waals surface area contributed by atoms with Crippen LogP contribution in [0, 0.1) is 0 Å². The standard InChI is InChI=1S/C18H22N4O4/c23-14-9-22(10-14)18(24)13-3-1-12(2-4-13)17-20-16(21-26-17)11-25-15-5-7-19-8-6-15/h1-4,14-15,19,23H,5-11H2. The van der Waals surface area contributed by atoms with Gasteiger partial charge in [-0.25, -0.2) is 0 Å². The van der Waals surface area contributed by atoms with Crippen LogP contribution in [0.5, 0.6) is 0 Å². The monoisotopic (exact) mass is 358 g/mol. The van der Waals surface area contributed by atoms with Crippen LogP contribution < -0.4 is 5.32 Å². The second-order valence-electron chi connectivity index (χ2n) is 6.72. The van der Waals surface area contributed by atoms with Crippen molar-refractivity contribution in [2.24, 2.45) is 0 Å². The molecule has 2 N–H and O–H groups in total. The fraction of sp³-hybridized carbons (Fsp3) is 0.500. The van der Waals surface area contributed by atoms with Gasteiger partial charge in [-0.15, -0.1) is 0 Å². The topological polar surface area (TPSA) is 101 Å². The molecule has 0 aliphatic carbocycles. The Bertz CT molecular complexity index is 749. The molecular formula is C18H22N4O4. The number of hydrogen-bond donors (Lipinski definition) is 2. The number of likely N-dealkylation sites (tertiary alicyclic amines) is 1. The number of rotatable bonds is 5. The Morgan fingerprint density at radius 1 is 1.27 bits per heavy atom. The molecule has 0 atom stereocenters. The Hall–Kier alpha value is -2.29. The minimum absolute atomic E-state index is 0.0801. The van der Waals surface area contributed by atoms with E-state index >= 15 is 0 Å². The number of nitrogens with zero attached hydrogens (tertiary/aromatic N) is 3. The van der Waals surface area contributed by atoms with Gasteiger partial charge < -0.3 is 24.6 Å². The Morgan fingerprint density at radius 2 is 2.00 bits per heavy atom. The normalized spacial score (nSPS) is 18.7. The summed E-state index contributed by atoms with van der Waals surface area (Å²) in [4.78, 5) is 18.2. The molecule has 1 aromatic heterocycles. The lowest BCUT2D eigenvalue weighted by molar-refractivity contribution is 0.00589. The van der Waals surface area contributed by atoms with Gasteiger partial charge in [-0.2, -0.15) is 4.98 Å². The predicted octanol–water partition coefficient (Wildman–Crippen LogP) is 0.822. The number of β-amino-alcohol motifs (C(OH)–C–C–N with tert-alkyl or cyclic N) is 1. The van der Waals surface area contributed by atoms with Gasteiger partial charge in [-0.05, 0) is 50.2 Å². The second-order valence-corrected chi connectivity index (χ2v) is 6.72. The first kappa shape index (κ1) is 17.1. The molecule has 8 heteroatoms. The van der Waals surface area contributed by atoms with Crippen molar-refractivity contribution in [3.05, 3.63) is 35.7 Å². The predicted molar refractivity (Wildman–Crippen MR) is 92.3 cm³/mol. The molecule has 138 valence electrons. The minimum atomic E-state index is -0.401. The minimum Gasteiger partial charge on any atom is -0.389 e. The Kier molecular flexibility index (Phi) is 4.96. The molecule has 2 fully saturated rings. The number of amides is 1. The third kappa shape index (κ3) is 3.77. The number of piperidine rings is 1. The van der Waals surface area contributed by atoms with Crippen molar-refractivity contribution < 1.29 is 19.2 Å². The van der Waals surface area contributed by atoms with E-state index in [4.69, 9.17) is 9.26 Å². The van der Waals surface area contributed by atoms with Crippen molar-refractivity contribution in [3.8, 4) is 11.5 Å². The molecule has 26 heavy (non-hydrogen) atoms. The fourth-order valence-electron chi connectivity index (χ4n) is 3.14. The number of aliphatic hydroxyl groups excluding tert-OH is 1. The van der Waals surface area contributed by atoms with Crippen molar-refractivity contribution in [3.63, 3.8) is 0 Å². The highest BCUT2D eigenvalue weighted by Crippen LogP contribution is 2.20. The van der Waals surface area contributed by atoms with E-state index in [1.807, 2.05) is 0 Å². The molecule has 1 amide bonds. The van der Waals surface area contributed by atoms with Crippen LogP contribution in [0.2, 0.25) is 0 Å². The summed E-state index contributed by atoms with van der Waals surface area (Å²) in [6, 6.07) is 7.04. The summed E-state index contributed by atoms with van der Waals surface area (Å²) in [5.41, 5.74) is 1.33. The zero-order valence-corrected chi connectivity index (χ0v) is 14.4. The van der Waals surface area contributed by atoms with Crippen LogP contribution >= 0.6 is 0 Å². The molecule has 0 unspecified atom stereocenters. The molecule has 1 aromatic carbocycles. The fourth-order valence-corrected chi connectivity index (χ4v) is 3.14. The lowest BCUT2D eigenvalue weighted by atomic mass is 10.1. The number of benzene rings is 1. The van der Waals surface area contributed by atoms with Gasteiger partial charge in [0, 0.05) is 24.2 Å². The van der Waals surface area contributed by atoms with E-state index in [2.05, 4.69) is 15.5 Å². The summed E-state index contributed by atoms with van der Waals surface area (Å²) < 4.78 is 11.1. The average Bonchev–Trinajstić information content (AvgIpc) is 3.13. The van der Waals surface area contributed by atoms with Crippen molar-refractivity contribution in [2.75, 3.05) is 26.2 Å². The van der Waals surface area contributed by atoms with E-state index in [0.717, 1.165) is 31.5 Å². The van der Waals surface area contributed by atoms with Crippen LogP contribution in [0.15, 0.2) is 28.8 Å². The van der Waals surface area contributed by atoms with Crippen LogP contribution in [-0.4, -0.2) is 64.4 Å². The molecule has 4 rings (SSSR count). The van der Waals surface area contributed by atoms with E-state index in [1.165, 1.54) is 0 Å². The Labute approximate surface area is 151 Å². The first-order valence-electron chi connectivity index (χ1n) is 8.92. The van der Waals surface area contributed by atoms with Gasteiger partial charge in [0.2, 0.25) is 0 Å². The number of aliphatic hydroxyl groups is 1. The van der Waals surface area contributed by atoms with Crippen LogP contribution in [0.3, 0.4) is 0 Å². The Morgan fingerprint density at radius 3 is 2.69 bits per heavy atom. The van der Waals surface area contributed by atoms with Gasteiger partial charge in [-0.3, -0.25) is 4.79 Å². The van der Waals surface area contributed by atoms with Gasteiger partial charge in [-0.1, -0.05) is 5.16 Å². The third-order valence-electron chi connectivity index (χ3n) is 4.73. The van der Waals surface area contributed by atoms with Gasteiger partial charge in [0.25, 0.3) is 11.8 Å². The quantitative estimate of drug-likeness (QED) is 0.816. The highest BCUT2D eigenvalue weighted by molar-refractivity contribution is 5.95. The van der Waals surface area contributed by atoms with E-state index in [1.54, 1.807) is 29.2 Å². The number of ether oxygens (including phenoxy) is 1. The number of hydrogen-bond acceptors (Lipinski definition) is 7. The summed E-state index contributed by atoms with van der Waals surface area (Å²) in [5, 5.41) is 16.6. The molecule has 0 bridgehead atoms. The van der Waals surface area contributed by atoms with Crippen molar-refractivity contribution in [1.82, 2.24) is 20.4 Å². The molecular weight excluding hydrogens is 336 g/mol. The molecule has 3 heterocycles. The van der Waals surface area contributed by atoms with Crippen molar-refractivity contribution in [1.29, 1.82) is 0 Å². The van der Waals surface area contributed by atoms with Crippen LogP contribution in [0.4, 0.5) is 0 Å². The smallest absolute Gasteiger partial charge is 0.258 e. The maximum absolute atomic E-state index is 12.2. The van der Waals surface area contributed by atoms with Crippen molar-refractivity contribution >= 4 is 5.91 Å². The third-order valence-corrected chi connectivity index (χ3v) is 4.73. The second kappa shape index (κ2) is 7.53. The van der Waals surface area contributed by atoms with E-state index in [0.29, 0.717) is 37.0 Å². The molecule has 2 aliphatic heterocycles. The number of carbonyl (C=O) groups excluding carboxylic acids is 1. The molecule has 0 spiro atoms. The van der Waals surface area contributed by atoms with E-state index in [9.17, 15) is 9.90 Å². The maximum atomic E-state index is 12.2. The molecule has 8 nitrogen and oxygen atoms in total. The summed E-state index contributed by atoms with van der Waals surface area (Å²) in [5.74, 6) is 0.851. The molecule has 0 radical (unpaired) electrons. The zero-order valence-electron chi connectivity index (χ0n) is 14.4. The SMILES string of the molecule is O=C(c1ccc(-c2nc(COC3CCNCC3)no2)cc1)N1CC(O)C1. The average molecular weight is 358 g/mol. The zero-order chi connectivity index (χ0) is 17.9. The van der Waals surface area contributed by atoms with Gasteiger partial charge in [0.05, 0.1) is 12.2 Å². The van der Waals surface area contributed by atoms with E-state index in [-0.39, 0.29) is 12.0 Å². The highest BCUT2D eigenvalue weighted by atomic mass is 16.5. The highest BCUT2D eigenvalue weighted by Gasteiger charge is 2.29. The molecule has 2 aromatic rings. The van der Waals surface area contributed by atoms with Gasteiger partial charge in [0.1, 0.15) is 6.61 Å². The largest absolute Gasteiger partial charge is 0.389 e. The molecule has 0 saturated carbocycles. The van der Waals surface area contributed by atoms with Gasteiger partial charge in [0.15, 0.2) is 5.82 Å². The Balaban J connectivity index is 1.35. The first-order chi connectivity index (χ1) is 12.7. The first-order valence-corrected chi connectivity index (χ1v) is 8.92. The summed E-state index contributed by atoms with van der Waals surface area (Å²) >= 11 is 0. The van der Waals surface area contributed by atoms with Gasteiger partial charge >= 0.3 is 0 Å². The lowest BCUT2D eigenvalue weighted by Gasteiger charge is -2.35. The number of carbonyl (C=O) groups is 1. The number of aromatic nitrogens is 2. The van der Waals surface area contributed by atoms with E-state index < -0.39 is 6.10 Å².